The van der Waals surface area contributed by atoms with Crippen LogP contribution < -0.4 is 5.32 Å². The number of nitrogens with zero attached hydrogens (tertiary/aromatic N) is 3. The third-order valence-electron chi connectivity index (χ3n) is 2.72. The van der Waals surface area contributed by atoms with Gasteiger partial charge in [0.2, 0.25) is 0 Å². The summed E-state index contributed by atoms with van der Waals surface area (Å²) in [5, 5.41) is 11.8. The molecule has 1 unspecified atom stereocenters. The second-order valence-electron chi connectivity index (χ2n) is 4.22. The minimum Gasteiger partial charge on any atom is -0.309 e. The summed E-state index contributed by atoms with van der Waals surface area (Å²) in [6.07, 6.45) is 5.84. The molecule has 4 nitrogen and oxygen atoms in total. The Kier molecular flexibility index (Phi) is 2.82. The predicted molar refractivity (Wildman–Crippen MR) is 55.0 cm³/mol. The van der Waals surface area contributed by atoms with Crippen molar-refractivity contribution in [2.24, 2.45) is 0 Å². The third-order valence-corrected chi connectivity index (χ3v) is 2.72. The van der Waals surface area contributed by atoms with Crippen molar-refractivity contribution in [1.82, 2.24) is 20.3 Å². The van der Waals surface area contributed by atoms with Gasteiger partial charge in [0.05, 0.1) is 17.9 Å². The monoisotopic (exact) mass is 194 g/mol. The highest BCUT2D eigenvalue weighted by Gasteiger charge is 2.17. The van der Waals surface area contributed by atoms with Gasteiger partial charge in [-0.2, -0.15) is 0 Å². The highest BCUT2D eigenvalue weighted by atomic mass is 15.4. The van der Waals surface area contributed by atoms with Crippen molar-refractivity contribution in [2.75, 3.05) is 6.54 Å². The van der Waals surface area contributed by atoms with E-state index < -0.39 is 0 Å². The van der Waals surface area contributed by atoms with Crippen LogP contribution in [0.2, 0.25) is 0 Å². The van der Waals surface area contributed by atoms with Crippen molar-refractivity contribution in [3.05, 3.63) is 11.9 Å². The quantitative estimate of drug-likeness (QED) is 0.778. The van der Waals surface area contributed by atoms with E-state index in [0.717, 1.165) is 12.2 Å². The molecule has 1 atom stereocenters. The van der Waals surface area contributed by atoms with Crippen LogP contribution >= 0.6 is 0 Å². The summed E-state index contributed by atoms with van der Waals surface area (Å²) in [6, 6.07) is 0.830. The first-order chi connectivity index (χ1) is 6.77. The van der Waals surface area contributed by atoms with Crippen LogP contribution in [0.5, 0.6) is 0 Å². The lowest BCUT2D eigenvalue weighted by atomic mass is 10.0. The molecule has 1 fully saturated rings. The molecule has 1 saturated heterocycles. The molecular formula is C10H18N4. The molecular weight excluding hydrogens is 176 g/mol. The Morgan fingerprint density at radius 1 is 1.50 bits per heavy atom. The van der Waals surface area contributed by atoms with Crippen molar-refractivity contribution in [2.45, 2.75) is 45.2 Å². The summed E-state index contributed by atoms with van der Waals surface area (Å²) in [7, 11) is 0. The van der Waals surface area contributed by atoms with E-state index in [2.05, 4.69) is 35.7 Å². The molecule has 1 aromatic rings. The second-order valence-corrected chi connectivity index (χ2v) is 4.22. The second kappa shape index (κ2) is 4.09. The van der Waals surface area contributed by atoms with Gasteiger partial charge >= 0.3 is 0 Å². The number of nitrogens with one attached hydrogen (secondary N) is 1. The molecule has 4 heteroatoms. The van der Waals surface area contributed by atoms with Gasteiger partial charge in [-0.15, -0.1) is 5.10 Å². The molecule has 1 aromatic heterocycles. The Labute approximate surface area is 84.7 Å². The van der Waals surface area contributed by atoms with E-state index in [0.29, 0.717) is 12.1 Å². The van der Waals surface area contributed by atoms with Crippen molar-refractivity contribution in [1.29, 1.82) is 0 Å². The summed E-state index contributed by atoms with van der Waals surface area (Å²) >= 11 is 0. The molecule has 14 heavy (non-hydrogen) atoms. The number of hydrogen-bond acceptors (Lipinski definition) is 3. The van der Waals surface area contributed by atoms with Crippen molar-refractivity contribution < 1.29 is 0 Å². The van der Waals surface area contributed by atoms with E-state index in [1.165, 1.54) is 19.3 Å². The molecule has 1 aliphatic rings. The van der Waals surface area contributed by atoms with Gasteiger partial charge in [-0.25, -0.2) is 4.68 Å². The molecule has 0 spiro atoms. The van der Waals surface area contributed by atoms with Gasteiger partial charge in [0, 0.05) is 6.04 Å². The lowest BCUT2D eigenvalue weighted by molar-refractivity contribution is 0.405. The van der Waals surface area contributed by atoms with E-state index in [1.54, 1.807) is 0 Å². The lowest BCUT2D eigenvalue weighted by Gasteiger charge is -2.20. The number of hydrogen-bond donors (Lipinski definition) is 1. The fourth-order valence-electron chi connectivity index (χ4n) is 1.81. The summed E-state index contributed by atoms with van der Waals surface area (Å²) < 4.78 is 1.92. The van der Waals surface area contributed by atoms with E-state index in [9.17, 15) is 0 Å². The van der Waals surface area contributed by atoms with Gasteiger partial charge in [-0.1, -0.05) is 11.6 Å². The van der Waals surface area contributed by atoms with Crippen LogP contribution in [0.1, 0.15) is 50.9 Å². The Hall–Kier alpha value is -0.900. The Morgan fingerprint density at radius 3 is 2.93 bits per heavy atom. The van der Waals surface area contributed by atoms with Gasteiger partial charge in [0.15, 0.2) is 0 Å². The maximum Gasteiger partial charge on any atom is 0.0996 e. The summed E-state index contributed by atoms with van der Waals surface area (Å²) in [5.74, 6) is 0. The van der Waals surface area contributed by atoms with Crippen LogP contribution in [-0.4, -0.2) is 21.5 Å². The number of rotatable bonds is 2. The van der Waals surface area contributed by atoms with Crippen molar-refractivity contribution in [3.63, 3.8) is 0 Å². The number of aromatic nitrogens is 3. The largest absolute Gasteiger partial charge is 0.309 e. The molecule has 0 radical (unpaired) electrons. The van der Waals surface area contributed by atoms with Crippen LogP contribution in [0, 0.1) is 0 Å². The maximum absolute atomic E-state index is 4.21. The molecule has 0 aromatic carbocycles. The van der Waals surface area contributed by atoms with Gasteiger partial charge < -0.3 is 5.32 Å². The molecule has 2 rings (SSSR count). The zero-order valence-corrected chi connectivity index (χ0v) is 8.90. The molecule has 2 heterocycles. The average Bonchev–Trinajstić information content (AvgIpc) is 2.68. The summed E-state index contributed by atoms with van der Waals surface area (Å²) in [6.45, 7) is 5.35. The SMILES string of the molecule is CC(C)n1cc(C2CCCCN2)nn1. The first kappa shape index (κ1) is 9.65. The smallest absolute Gasteiger partial charge is 0.0996 e. The van der Waals surface area contributed by atoms with Crippen LogP contribution in [0.4, 0.5) is 0 Å². The zero-order chi connectivity index (χ0) is 9.97. The van der Waals surface area contributed by atoms with Gasteiger partial charge in [0.1, 0.15) is 0 Å². The van der Waals surface area contributed by atoms with Crippen LogP contribution in [0.25, 0.3) is 0 Å². The fourth-order valence-corrected chi connectivity index (χ4v) is 1.81. The van der Waals surface area contributed by atoms with E-state index in [4.69, 9.17) is 0 Å². The standard InChI is InChI=1S/C10H18N4/c1-8(2)14-7-10(12-13-14)9-5-3-4-6-11-9/h7-9,11H,3-6H2,1-2H3. The molecule has 0 saturated carbocycles. The summed E-state index contributed by atoms with van der Waals surface area (Å²) in [4.78, 5) is 0. The molecule has 1 aliphatic heterocycles. The highest BCUT2D eigenvalue weighted by molar-refractivity contribution is 5.02. The fraction of sp³-hybridized carbons (Fsp3) is 0.800. The van der Waals surface area contributed by atoms with Gasteiger partial charge in [-0.3, -0.25) is 0 Å². The van der Waals surface area contributed by atoms with Crippen molar-refractivity contribution in [3.8, 4) is 0 Å². The molecule has 1 N–H and O–H groups in total. The Balaban J connectivity index is 2.07. The molecule has 0 amide bonds. The van der Waals surface area contributed by atoms with Gasteiger partial charge in [-0.05, 0) is 33.2 Å². The van der Waals surface area contributed by atoms with E-state index >= 15 is 0 Å². The minimum absolute atomic E-state index is 0.403. The molecule has 0 aliphatic carbocycles. The topological polar surface area (TPSA) is 42.7 Å². The Bertz CT molecular complexity index is 286. The normalized spacial score (nSPS) is 22.9. The first-order valence-electron chi connectivity index (χ1n) is 5.42. The Morgan fingerprint density at radius 2 is 2.36 bits per heavy atom. The van der Waals surface area contributed by atoms with E-state index in [1.807, 2.05) is 4.68 Å². The lowest BCUT2D eigenvalue weighted by Crippen LogP contribution is -2.27. The zero-order valence-electron chi connectivity index (χ0n) is 8.90. The predicted octanol–water partition coefficient (Wildman–Crippen LogP) is 1.67. The van der Waals surface area contributed by atoms with Crippen molar-refractivity contribution >= 4 is 0 Å². The van der Waals surface area contributed by atoms with Crippen LogP contribution in [0.3, 0.4) is 0 Å². The first-order valence-corrected chi connectivity index (χ1v) is 5.42. The number of piperidine rings is 1. The maximum atomic E-state index is 4.21. The molecule has 0 bridgehead atoms. The minimum atomic E-state index is 0.403. The highest BCUT2D eigenvalue weighted by Crippen LogP contribution is 2.21. The molecule has 78 valence electrons. The van der Waals surface area contributed by atoms with E-state index in [-0.39, 0.29) is 0 Å². The third kappa shape index (κ3) is 1.95. The summed E-state index contributed by atoms with van der Waals surface area (Å²) in [5.41, 5.74) is 1.10. The van der Waals surface area contributed by atoms with Gasteiger partial charge in [0.25, 0.3) is 0 Å². The van der Waals surface area contributed by atoms with Crippen LogP contribution in [0.15, 0.2) is 6.20 Å². The average molecular weight is 194 g/mol. The van der Waals surface area contributed by atoms with Crippen LogP contribution in [-0.2, 0) is 0 Å².